The van der Waals surface area contributed by atoms with Gasteiger partial charge in [-0.1, -0.05) is 0 Å². The van der Waals surface area contributed by atoms with E-state index in [0.717, 1.165) is 31.2 Å². The number of fused-ring (bicyclic) bond motifs is 1. The predicted octanol–water partition coefficient (Wildman–Crippen LogP) is 3.65. The molecule has 1 heterocycles. The molecule has 0 fully saturated rings. The molecule has 6 nitrogen and oxygen atoms in total. The lowest BCUT2D eigenvalue weighted by molar-refractivity contribution is 0.0956. The minimum atomic E-state index is -0.278. The van der Waals surface area contributed by atoms with Crippen molar-refractivity contribution in [1.29, 1.82) is 0 Å². The van der Waals surface area contributed by atoms with Crippen LogP contribution in [0.4, 0.5) is 5.00 Å². The SMILES string of the molecule is CCNC(=O)c1c(NC(=O)c2ccc(OC)c(OC)c2)sc2c1CCCC2. The smallest absolute Gasteiger partial charge is 0.256 e. The van der Waals surface area contributed by atoms with Gasteiger partial charge >= 0.3 is 0 Å². The van der Waals surface area contributed by atoms with Crippen LogP contribution in [0.3, 0.4) is 0 Å². The summed E-state index contributed by atoms with van der Waals surface area (Å²) in [5.74, 6) is 0.642. The van der Waals surface area contributed by atoms with Gasteiger partial charge in [-0.25, -0.2) is 0 Å². The fourth-order valence-corrected chi connectivity index (χ4v) is 4.58. The Balaban J connectivity index is 1.92. The molecule has 0 saturated heterocycles. The first-order chi connectivity index (χ1) is 13.1. The summed E-state index contributed by atoms with van der Waals surface area (Å²) in [6.07, 6.45) is 4.02. The van der Waals surface area contributed by atoms with E-state index in [2.05, 4.69) is 10.6 Å². The Morgan fingerprint density at radius 2 is 1.81 bits per heavy atom. The van der Waals surface area contributed by atoms with Crippen LogP contribution < -0.4 is 20.1 Å². The van der Waals surface area contributed by atoms with Gasteiger partial charge in [0, 0.05) is 17.0 Å². The molecule has 1 aliphatic carbocycles. The Morgan fingerprint density at radius 3 is 2.52 bits per heavy atom. The van der Waals surface area contributed by atoms with Crippen LogP contribution in [0.2, 0.25) is 0 Å². The highest BCUT2D eigenvalue weighted by Gasteiger charge is 2.26. The molecule has 1 aliphatic rings. The summed E-state index contributed by atoms with van der Waals surface area (Å²) >= 11 is 1.51. The Labute approximate surface area is 162 Å². The van der Waals surface area contributed by atoms with Gasteiger partial charge in [-0.2, -0.15) is 0 Å². The second-order valence-corrected chi connectivity index (χ2v) is 7.40. The number of nitrogens with one attached hydrogen (secondary N) is 2. The Hall–Kier alpha value is -2.54. The zero-order valence-corrected chi connectivity index (χ0v) is 16.6. The Kier molecular flexibility index (Phi) is 6.01. The van der Waals surface area contributed by atoms with E-state index in [-0.39, 0.29) is 11.8 Å². The zero-order valence-electron chi connectivity index (χ0n) is 15.8. The van der Waals surface area contributed by atoms with E-state index >= 15 is 0 Å². The molecule has 144 valence electrons. The fourth-order valence-electron chi connectivity index (χ4n) is 3.30. The van der Waals surface area contributed by atoms with Crippen LogP contribution in [0.25, 0.3) is 0 Å². The van der Waals surface area contributed by atoms with Gasteiger partial charge in [0.15, 0.2) is 11.5 Å². The van der Waals surface area contributed by atoms with E-state index in [1.165, 1.54) is 23.3 Å². The normalized spacial score (nSPS) is 12.9. The molecule has 7 heteroatoms. The largest absolute Gasteiger partial charge is 0.493 e. The predicted molar refractivity (Wildman–Crippen MR) is 106 cm³/mol. The topological polar surface area (TPSA) is 76.7 Å². The maximum absolute atomic E-state index is 12.8. The molecule has 0 spiro atoms. The maximum atomic E-state index is 12.8. The van der Waals surface area contributed by atoms with E-state index < -0.39 is 0 Å². The number of ether oxygens (including phenoxy) is 2. The van der Waals surface area contributed by atoms with Crippen LogP contribution in [0.5, 0.6) is 11.5 Å². The average molecular weight is 388 g/mol. The summed E-state index contributed by atoms with van der Waals surface area (Å²) in [6, 6.07) is 5.00. The quantitative estimate of drug-likeness (QED) is 0.792. The van der Waals surface area contributed by atoms with Gasteiger partial charge in [-0.05, 0) is 56.4 Å². The third-order valence-corrected chi connectivity index (χ3v) is 5.82. The molecule has 2 amide bonds. The molecule has 0 bridgehead atoms. The summed E-state index contributed by atoms with van der Waals surface area (Å²) in [7, 11) is 3.08. The van der Waals surface area contributed by atoms with Crippen molar-refractivity contribution in [3.05, 3.63) is 39.8 Å². The van der Waals surface area contributed by atoms with E-state index in [1.54, 1.807) is 25.3 Å². The number of methoxy groups -OCH3 is 2. The summed E-state index contributed by atoms with van der Waals surface area (Å²) in [4.78, 5) is 26.6. The van der Waals surface area contributed by atoms with Crippen LogP contribution in [0.1, 0.15) is 50.9 Å². The van der Waals surface area contributed by atoms with Crippen molar-refractivity contribution in [1.82, 2.24) is 5.32 Å². The molecular weight excluding hydrogens is 364 g/mol. The fraction of sp³-hybridized carbons (Fsp3) is 0.400. The number of carbonyl (C=O) groups is 2. The lowest BCUT2D eigenvalue weighted by Crippen LogP contribution is -2.25. The van der Waals surface area contributed by atoms with Crippen LogP contribution in [0.15, 0.2) is 18.2 Å². The molecule has 2 aromatic rings. The zero-order chi connectivity index (χ0) is 19.4. The van der Waals surface area contributed by atoms with E-state index in [4.69, 9.17) is 9.47 Å². The molecule has 1 aromatic carbocycles. The second-order valence-electron chi connectivity index (χ2n) is 6.30. The monoisotopic (exact) mass is 388 g/mol. The van der Waals surface area contributed by atoms with Gasteiger partial charge in [0.25, 0.3) is 11.8 Å². The lowest BCUT2D eigenvalue weighted by Gasteiger charge is -2.13. The Morgan fingerprint density at radius 1 is 1.07 bits per heavy atom. The average Bonchev–Trinajstić information content (AvgIpc) is 3.05. The lowest BCUT2D eigenvalue weighted by atomic mass is 9.95. The third-order valence-electron chi connectivity index (χ3n) is 4.61. The van der Waals surface area contributed by atoms with Crippen molar-refractivity contribution >= 4 is 28.2 Å². The number of anilines is 1. The van der Waals surface area contributed by atoms with Gasteiger partial charge in [-0.3, -0.25) is 9.59 Å². The molecule has 3 rings (SSSR count). The van der Waals surface area contributed by atoms with Crippen molar-refractivity contribution in [2.24, 2.45) is 0 Å². The summed E-state index contributed by atoms with van der Waals surface area (Å²) in [5, 5.41) is 6.42. The summed E-state index contributed by atoms with van der Waals surface area (Å²) in [5.41, 5.74) is 2.14. The van der Waals surface area contributed by atoms with E-state index in [0.29, 0.717) is 34.2 Å². The molecule has 0 unspecified atom stereocenters. The highest BCUT2D eigenvalue weighted by molar-refractivity contribution is 7.17. The third kappa shape index (κ3) is 3.93. The molecule has 1 aromatic heterocycles. The van der Waals surface area contributed by atoms with Crippen molar-refractivity contribution in [3.63, 3.8) is 0 Å². The number of thiophene rings is 1. The molecule has 0 aliphatic heterocycles. The minimum Gasteiger partial charge on any atom is -0.493 e. The molecule has 27 heavy (non-hydrogen) atoms. The number of benzene rings is 1. The highest BCUT2D eigenvalue weighted by Crippen LogP contribution is 2.38. The number of carbonyl (C=O) groups excluding carboxylic acids is 2. The first-order valence-electron chi connectivity index (χ1n) is 9.05. The number of rotatable bonds is 6. The summed E-state index contributed by atoms with van der Waals surface area (Å²) < 4.78 is 10.5. The van der Waals surface area contributed by atoms with Gasteiger partial charge in [0.05, 0.1) is 19.8 Å². The first-order valence-corrected chi connectivity index (χ1v) is 9.86. The van der Waals surface area contributed by atoms with E-state index in [1.807, 2.05) is 6.92 Å². The van der Waals surface area contributed by atoms with Crippen molar-refractivity contribution in [2.75, 3.05) is 26.1 Å². The molecule has 0 radical (unpaired) electrons. The van der Waals surface area contributed by atoms with Gasteiger partial charge in [-0.15, -0.1) is 11.3 Å². The van der Waals surface area contributed by atoms with Crippen LogP contribution >= 0.6 is 11.3 Å². The number of aryl methyl sites for hydroxylation is 1. The Bertz CT molecular complexity index is 860. The van der Waals surface area contributed by atoms with Crippen LogP contribution in [-0.4, -0.2) is 32.6 Å². The standard InChI is InChI=1S/C20H24N2O4S/c1-4-21-19(24)17-13-7-5-6-8-16(13)27-20(17)22-18(23)12-9-10-14(25-2)15(11-12)26-3/h9-11H,4-8H2,1-3H3,(H,21,24)(H,22,23). The van der Waals surface area contributed by atoms with Gasteiger partial charge < -0.3 is 20.1 Å². The minimum absolute atomic E-state index is 0.125. The van der Waals surface area contributed by atoms with Crippen molar-refractivity contribution in [2.45, 2.75) is 32.6 Å². The highest BCUT2D eigenvalue weighted by atomic mass is 32.1. The molecular formula is C20H24N2O4S. The second kappa shape index (κ2) is 8.43. The molecule has 0 atom stereocenters. The van der Waals surface area contributed by atoms with Crippen LogP contribution in [-0.2, 0) is 12.8 Å². The van der Waals surface area contributed by atoms with Crippen LogP contribution in [0, 0.1) is 0 Å². The number of amides is 2. The maximum Gasteiger partial charge on any atom is 0.256 e. The molecule has 0 saturated carbocycles. The van der Waals surface area contributed by atoms with Crippen molar-refractivity contribution in [3.8, 4) is 11.5 Å². The molecule has 2 N–H and O–H groups in total. The van der Waals surface area contributed by atoms with Crippen molar-refractivity contribution < 1.29 is 19.1 Å². The van der Waals surface area contributed by atoms with E-state index in [9.17, 15) is 9.59 Å². The first kappa shape index (κ1) is 19.2. The summed E-state index contributed by atoms with van der Waals surface area (Å²) in [6.45, 7) is 2.44. The number of hydrogen-bond acceptors (Lipinski definition) is 5. The van der Waals surface area contributed by atoms with Gasteiger partial charge in [0.2, 0.25) is 0 Å². The number of hydrogen-bond donors (Lipinski definition) is 2. The van der Waals surface area contributed by atoms with Gasteiger partial charge in [0.1, 0.15) is 5.00 Å².